The van der Waals surface area contributed by atoms with Gasteiger partial charge in [-0.2, -0.15) is 0 Å². The summed E-state index contributed by atoms with van der Waals surface area (Å²) in [6.45, 7) is 5.59. The van der Waals surface area contributed by atoms with Crippen molar-refractivity contribution in [1.29, 1.82) is 0 Å². The first-order valence-corrected chi connectivity index (χ1v) is 7.62. The van der Waals surface area contributed by atoms with Gasteiger partial charge in [0.2, 0.25) is 0 Å². The van der Waals surface area contributed by atoms with E-state index in [0.717, 1.165) is 44.2 Å². The van der Waals surface area contributed by atoms with Crippen molar-refractivity contribution in [2.24, 2.45) is 0 Å². The van der Waals surface area contributed by atoms with E-state index in [1.807, 2.05) is 18.2 Å². The van der Waals surface area contributed by atoms with Crippen molar-refractivity contribution < 1.29 is 9.47 Å². The highest BCUT2D eigenvalue weighted by Gasteiger charge is 2.32. The molecule has 1 aromatic carbocycles. The summed E-state index contributed by atoms with van der Waals surface area (Å²) in [7, 11) is 1.80. The van der Waals surface area contributed by atoms with Crippen LogP contribution in [0.25, 0.3) is 0 Å². The summed E-state index contributed by atoms with van der Waals surface area (Å²) < 4.78 is 11.1. The lowest BCUT2D eigenvalue weighted by molar-refractivity contribution is -0.0875. The Labute approximate surface area is 126 Å². The highest BCUT2D eigenvalue weighted by Crippen LogP contribution is 2.24. The minimum atomic E-state index is -0.0632. The maximum Gasteiger partial charge on any atom is 0.0846 e. The van der Waals surface area contributed by atoms with Crippen molar-refractivity contribution in [3.05, 3.63) is 34.9 Å². The van der Waals surface area contributed by atoms with E-state index in [1.165, 1.54) is 5.56 Å². The molecule has 1 atom stereocenters. The molecule has 1 heterocycles. The Kier molecular flexibility index (Phi) is 5.85. The van der Waals surface area contributed by atoms with E-state index in [-0.39, 0.29) is 5.60 Å². The molecule has 1 N–H and O–H groups in total. The maximum atomic E-state index is 6.03. The Bertz CT molecular complexity index is 419. The molecular formula is C16H24ClNO2. The van der Waals surface area contributed by atoms with Crippen LogP contribution in [0.3, 0.4) is 0 Å². The third kappa shape index (κ3) is 4.19. The highest BCUT2D eigenvalue weighted by molar-refractivity contribution is 6.30. The van der Waals surface area contributed by atoms with E-state index in [0.29, 0.717) is 5.92 Å². The number of methoxy groups -OCH3 is 1. The van der Waals surface area contributed by atoms with Crippen LogP contribution >= 0.6 is 11.6 Å². The summed E-state index contributed by atoms with van der Waals surface area (Å²) in [4.78, 5) is 0. The molecule has 1 unspecified atom stereocenters. The summed E-state index contributed by atoms with van der Waals surface area (Å²) in [6.07, 6.45) is 1.92. The zero-order valence-electron chi connectivity index (χ0n) is 12.3. The number of rotatable bonds is 6. The molecule has 0 spiro atoms. The van der Waals surface area contributed by atoms with Crippen molar-refractivity contribution in [2.45, 2.75) is 31.3 Å². The first-order chi connectivity index (χ1) is 9.65. The fourth-order valence-electron chi connectivity index (χ4n) is 2.64. The normalized spacial score (nSPS) is 19.8. The molecule has 0 aliphatic carbocycles. The summed E-state index contributed by atoms with van der Waals surface area (Å²) in [5.74, 6) is 0.433. The van der Waals surface area contributed by atoms with Gasteiger partial charge in [-0.1, -0.05) is 30.7 Å². The standard InChI is InChI=1S/C16H24ClNO2/c1-13(14-4-3-5-15(17)10-14)11-18-12-16(19-2)6-8-20-9-7-16/h3-5,10,13,18H,6-9,11-12H2,1-2H3. The minimum Gasteiger partial charge on any atom is -0.381 e. The first kappa shape index (κ1) is 15.8. The van der Waals surface area contributed by atoms with Crippen LogP contribution < -0.4 is 5.32 Å². The molecule has 0 bridgehead atoms. The van der Waals surface area contributed by atoms with Gasteiger partial charge in [-0.25, -0.2) is 0 Å². The second-order valence-corrected chi connectivity index (χ2v) is 6.02. The smallest absolute Gasteiger partial charge is 0.0846 e. The molecule has 20 heavy (non-hydrogen) atoms. The molecule has 112 valence electrons. The topological polar surface area (TPSA) is 30.5 Å². The van der Waals surface area contributed by atoms with E-state index in [9.17, 15) is 0 Å². The third-order valence-electron chi connectivity index (χ3n) is 4.15. The number of benzene rings is 1. The van der Waals surface area contributed by atoms with Crippen LogP contribution in [0.1, 0.15) is 31.2 Å². The predicted octanol–water partition coefficient (Wildman–Crippen LogP) is 3.23. The molecule has 4 heteroatoms. The number of nitrogens with one attached hydrogen (secondary N) is 1. The molecule has 0 amide bonds. The molecule has 3 nitrogen and oxygen atoms in total. The van der Waals surface area contributed by atoms with Crippen molar-refractivity contribution >= 4 is 11.6 Å². The van der Waals surface area contributed by atoms with E-state index in [1.54, 1.807) is 7.11 Å². The van der Waals surface area contributed by atoms with Crippen LogP contribution in [-0.2, 0) is 9.47 Å². The van der Waals surface area contributed by atoms with Gasteiger partial charge in [0.15, 0.2) is 0 Å². The van der Waals surface area contributed by atoms with Crippen molar-refractivity contribution in [3.63, 3.8) is 0 Å². The predicted molar refractivity (Wildman–Crippen MR) is 82.5 cm³/mol. The van der Waals surface area contributed by atoms with Gasteiger partial charge in [-0.3, -0.25) is 0 Å². The number of hydrogen-bond acceptors (Lipinski definition) is 3. The van der Waals surface area contributed by atoms with Gasteiger partial charge in [0, 0.05) is 51.3 Å². The van der Waals surface area contributed by atoms with Gasteiger partial charge in [0.25, 0.3) is 0 Å². The van der Waals surface area contributed by atoms with E-state index in [4.69, 9.17) is 21.1 Å². The van der Waals surface area contributed by atoms with Crippen LogP contribution in [0.5, 0.6) is 0 Å². The average Bonchev–Trinajstić information content (AvgIpc) is 2.48. The fraction of sp³-hybridized carbons (Fsp3) is 0.625. The summed E-state index contributed by atoms with van der Waals surface area (Å²) >= 11 is 6.03. The summed E-state index contributed by atoms with van der Waals surface area (Å²) in [5, 5.41) is 4.34. The molecule has 1 saturated heterocycles. The molecular weight excluding hydrogens is 274 g/mol. The molecule has 0 radical (unpaired) electrons. The van der Waals surface area contributed by atoms with E-state index < -0.39 is 0 Å². The molecule has 1 aromatic rings. The van der Waals surface area contributed by atoms with Gasteiger partial charge < -0.3 is 14.8 Å². The zero-order chi connectivity index (χ0) is 14.4. The van der Waals surface area contributed by atoms with Gasteiger partial charge >= 0.3 is 0 Å². The Balaban J connectivity index is 1.82. The Morgan fingerprint density at radius 3 is 2.80 bits per heavy atom. The Morgan fingerprint density at radius 1 is 1.40 bits per heavy atom. The lowest BCUT2D eigenvalue weighted by atomic mass is 9.93. The second kappa shape index (κ2) is 7.41. The SMILES string of the molecule is COC1(CNCC(C)c2cccc(Cl)c2)CCOCC1. The quantitative estimate of drug-likeness (QED) is 0.874. The van der Waals surface area contributed by atoms with Crippen molar-refractivity contribution in [3.8, 4) is 0 Å². The molecule has 2 rings (SSSR count). The van der Waals surface area contributed by atoms with Gasteiger partial charge in [0.1, 0.15) is 0 Å². The maximum absolute atomic E-state index is 6.03. The lowest BCUT2D eigenvalue weighted by Gasteiger charge is -2.36. The Hall–Kier alpha value is -0.610. The number of halogens is 1. The van der Waals surface area contributed by atoms with E-state index in [2.05, 4.69) is 18.3 Å². The molecule has 1 aliphatic rings. The van der Waals surface area contributed by atoms with Gasteiger partial charge in [0.05, 0.1) is 5.60 Å². The molecule has 0 saturated carbocycles. The van der Waals surface area contributed by atoms with Crippen molar-refractivity contribution in [2.75, 3.05) is 33.4 Å². The van der Waals surface area contributed by atoms with Crippen molar-refractivity contribution in [1.82, 2.24) is 5.32 Å². The van der Waals surface area contributed by atoms with Crippen LogP contribution in [0.15, 0.2) is 24.3 Å². The van der Waals surface area contributed by atoms with Crippen LogP contribution in [0.2, 0.25) is 5.02 Å². The van der Waals surface area contributed by atoms with E-state index >= 15 is 0 Å². The highest BCUT2D eigenvalue weighted by atomic mass is 35.5. The average molecular weight is 298 g/mol. The summed E-state index contributed by atoms with van der Waals surface area (Å²) in [6, 6.07) is 8.07. The Morgan fingerprint density at radius 2 is 2.15 bits per heavy atom. The lowest BCUT2D eigenvalue weighted by Crippen LogP contribution is -2.47. The monoisotopic (exact) mass is 297 g/mol. The van der Waals surface area contributed by atoms with Crippen LogP contribution in [-0.4, -0.2) is 39.0 Å². The number of hydrogen-bond donors (Lipinski definition) is 1. The summed E-state index contributed by atoms with van der Waals surface area (Å²) in [5.41, 5.74) is 1.20. The molecule has 0 aromatic heterocycles. The minimum absolute atomic E-state index is 0.0632. The molecule has 1 fully saturated rings. The first-order valence-electron chi connectivity index (χ1n) is 7.24. The number of ether oxygens (including phenoxy) is 2. The second-order valence-electron chi connectivity index (χ2n) is 5.59. The van der Waals surface area contributed by atoms with Crippen LogP contribution in [0.4, 0.5) is 0 Å². The van der Waals surface area contributed by atoms with Gasteiger partial charge in [-0.05, 0) is 23.6 Å². The largest absolute Gasteiger partial charge is 0.381 e. The van der Waals surface area contributed by atoms with Gasteiger partial charge in [-0.15, -0.1) is 0 Å². The zero-order valence-corrected chi connectivity index (χ0v) is 13.1. The fourth-order valence-corrected chi connectivity index (χ4v) is 2.84. The van der Waals surface area contributed by atoms with Crippen LogP contribution in [0, 0.1) is 0 Å². The molecule has 1 aliphatic heterocycles. The third-order valence-corrected chi connectivity index (χ3v) is 4.39.